The van der Waals surface area contributed by atoms with Crippen LogP contribution in [0.15, 0.2) is 53.9 Å². The number of amides is 1. The van der Waals surface area contributed by atoms with Crippen molar-refractivity contribution in [2.75, 3.05) is 11.1 Å². The minimum Gasteiger partial charge on any atom is -0.326 e. The minimum absolute atomic E-state index is 0.0717. The summed E-state index contributed by atoms with van der Waals surface area (Å²) in [6.45, 7) is 2.47. The number of carbonyl (C=O) groups excluding carboxylic acids is 1. The smallest absolute Gasteiger partial charge is 0.221 e. The van der Waals surface area contributed by atoms with Gasteiger partial charge in [0.25, 0.3) is 0 Å². The van der Waals surface area contributed by atoms with E-state index in [1.54, 1.807) is 24.2 Å². The van der Waals surface area contributed by atoms with Gasteiger partial charge in [-0.15, -0.1) is 0 Å². The molecule has 3 heterocycles. The van der Waals surface area contributed by atoms with Crippen LogP contribution in [0.1, 0.15) is 6.92 Å². The van der Waals surface area contributed by atoms with Crippen molar-refractivity contribution >= 4 is 23.4 Å². The van der Waals surface area contributed by atoms with E-state index in [-0.39, 0.29) is 5.91 Å². The monoisotopic (exact) mass is 336 g/mol. The number of thioether (sulfide) groups is 1. The Morgan fingerprint density at radius 2 is 1.88 bits per heavy atom. The highest BCUT2D eigenvalue weighted by Crippen LogP contribution is 2.38. The number of rotatable bonds is 3. The molecule has 1 amide bonds. The van der Waals surface area contributed by atoms with Crippen molar-refractivity contribution in [1.29, 1.82) is 0 Å². The van der Waals surface area contributed by atoms with Crippen molar-refractivity contribution in [3.05, 3.63) is 48.8 Å². The molecule has 6 heteroatoms. The van der Waals surface area contributed by atoms with Gasteiger partial charge in [0, 0.05) is 48.4 Å². The topological polar surface area (TPSA) is 59.8 Å². The molecular formula is C18H16N4OS. The number of nitrogens with one attached hydrogen (secondary N) is 1. The van der Waals surface area contributed by atoms with Crippen LogP contribution in [-0.2, 0) is 11.3 Å². The number of nitrogens with zero attached hydrogens (tertiary/aromatic N) is 3. The standard InChI is InChI=1S/C18H16N4OS/c1-12(23)20-15-4-2-13(3-5-15)16-17(14-6-8-19-9-7-14)22-10-11-24-18(22)21-16/h2-9H,10-11H2,1H3,(H,20,23). The summed E-state index contributed by atoms with van der Waals surface area (Å²) in [5, 5.41) is 3.85. The molecule has 0 aliphatic carbocycles. The molecule has 24 heavy (non-hydrogen) atoms. The van der Waals surface area contributed by atoms with Crippen molar-refractivity contribution in [3.8, 4) is 22.5 Å². The lowest BCUT2D eigenvalue weighted by atomic mass is 10.1. The highest BCUT2D eigenvalue weighted by atomic mass is 32.2. The van der Waals surface area contributed by atoms with Gasteiger partial charge in [-0.1, -0.05) is 23.9 Å². The second-order valence-electron chi connectivity index (χ2n) is 5.59. The van der Waals surface area contributed by atoms with Crippen LogP contribution in [0.4, 0.5) is 5.69 Å². The fraction of sp³-hybridized carbons (Fsp3) is 0.167. The molecule has 0 fully saturated rings. The Morgan fingerprint density at radius 1 is 1.12 bits per heavy atom. The summed E-state index contributed by atoms with van der Waals surface area (Å²) in [6, 6.07) is 11.8. The Hall–Kier alpha value is -2.60. The van der Waals surface area contributed by atoms with Gasteiger partial charge in [-0.3, -0.25) is 9.78 Å². The zero-order valence-corrected chi connectivity index (χ0v) is 14.0. The number of aromatic nitrogens is 3. The number of pyridine rings is 1. The Balaban J connectivity index is 1.80. The lowest BCUT2D eigenvalue weighted by Gasteiger charge is -2.09. The van der Waals surface area contributed by atoms with Gasteiger partial charge in [0.05, 0.1) is 11.4 Å². The maximum absolute atomic E-state index is 11.2. The van der Waals surface area contributed by atoms with Crippen LogP contribution < -0.4 is 5.32 Å². The average molecular weight is 336 g/mol. The first-order valence-corrected chi connectivity index (χ1v) is 8.72. The summed E-state index contributed by atoms with van der Waals surface area (Å²) in [5.74, 6) is 0.986. The molecule has 0 unspecified atom stereocenters. The number of carbonyl (C=O) groups is 1. The second-order valence-corrected chi connectivity index (χ2v) is 6.65. The molecule has 0 radical (unpaired) electrons. The maximum Gasteiger partial charge on any atom is 0.221 e. The zero-order chi connectivity index (χ0) is 16.5. The first kappa shape index (κ1) is 15.0. The molecule has 2 aromatic heterocycles. The molecule has 0 saturated heterocycles. The molecule has 0 atom stereocenters. The quantitative estimate of drug-likeness (QED) is 0.793. The molecule has 1 N–H and O–H groups in total. The second kappa shape index (κ2) is 6.13. The molecule has 0 spiro atoms. The van der Waals surface area contributed by atoms with Gasteiger partial charge in [-0.05, 0) is 24.3 Å². The van der Waals surface area contributed by atoms with E-state index in [1.807, 2.05) is 36.4 Å². The van der Waals surface area contributed by atoms with Crippen molar-refractivity contribution in [2.24, 2.45) is 0 Å². The summed E-state index contributed by atoms with van der Waals surface area (Å²) in [5.41, 5.74) is 5.05. The largest absolute Gasteiger partial charge is 0.326 e. The Labute approximate surface area is 144 Å². The van der Waals surface area contributed by atoms with Crippen LogP contribution in [0.25, 0.3) is 22.5 Å². The van der Waals surface area contributed by atoms with E-state index in [2.05, 4.69) is 14.9 Å². The average Bonchev–Trinajstić information content (AvgIpc) is 3.16. The zero-order valence-electron chi connectivity index (χ0n) is 13.2. The molecule has 120 valence electrons. The van der Waals surface area contributed by atoms with Crippen LogP contribution in [0, 0.1) is 0 Å². The van der Waals surface area contributed by atoms with Crippen molar-refractivity contribution in [1.82, 2.24) is 14.5 Å². The van der Waals surface area contributed by atoms with Gasteiger partial charge in [0.2, 0.25) is 5.91 Å². The molecule has 1 aliphatic rings. The Kier molecular flexibility index (Phi) is 3.82. The van der Waals surface area contributed by atoms with E-state index in [1.165, 1.54) is 6.92 Å². The first-order valence-electron chi connectivity index (χ1n) is 7.74. The van der Waals surface area contributed by atoms with E-state index in [0.717, 1.165) is 45.7 Å². The maximum atomic E-state index is 11.2. The van der Waals surface area contributed by atoms with E-state index in [0.29, 0.717) is 0 Å². The fourth-order valence-electron chi connectivity index (χ4n) is 2.90. The third-order valence-electron chi connectivity index (χ3n) is 3.91. The van der Waals surface area contributed by atoms with E-state index in [9.17, 15) is 4.79 Å². The number of imidazole rings is 1. The summed E-state index contributed by atoms with van der Waals surface area (Å²) in [4.78, 5) is 20.1. The summed E-state index contributed by atoms with van der Waals surface area (Å²) in [6.07, 6.45) is 3.61. The molecule has 5 nitrogen and oxygen atoms in total. The van der Waals surface area contributed by atoms with Crippen molar-refractivity contribution < 1.29 is 4.79 Å². The van der Waals surface area contributed by atoms with Gasteiger partial charge in [-0.25, -0.2) is 4.98 Å². The molecule has 4 rings (SSSR count). The van der Waals surface area contributed by atoms with Gasteiger partial charge < -0.3 is 9.88 Å². The molecule has 0 saturated carbocycles. The van der Waals surface area contributed by atoms with Gasteiger partial charge in [0.15, 0.2) is 5.16 Å². The number of fused-ring (bicyclic) bond motifs is 1. The van der Waals surface area contributed by atoms with Crippen LogP contribution in [0.2, 0.25) is 0 Å². The van der Waals surface area contributed by atoms with E-state index < -0.39 is 0 Å². The van der Waals surface area contributed by atoms with Gasteiger partial charge in [0.1, 0.15) is 0 Å². The number of hydrogen-bond acceptors (Lipinski definition) is 4. The number of anilines is 1. The number of benzene rings is 1. The van der Waals surface area contributed by atoms with Gasteiger partial charge in [-0.2, -0.15) is 0 Å². The molecule has 3 aromatic rings. The third-order valence-corrected chi connectivity index (χ3v) is 4.87. The highest BCUT2D eigenvalue weighted by molar-refractivity contribution is 7.99. The fourth-order valence-corrected chi connectivity index (χ4v) is 3.85. The summed E-state index contributed by atoms with van der Waals surface area (Å²) < 4.78 is 2.27. The lowest BCUT2D eigenvalue weighted by Crippen LogP contribution is -2.05. The normalized spacial score (nSPS) is 12.9. The highest BCUT2D eigenvalue weighted by Gasteiger charge is 2.23. The van der Waals surface area contributed by atoms with Crippen LogP contribution in [-0.4, -0.2) is 26.2 Å². The van der Waals surface area contributed by atoms with Crippen LogP contribution in [0.5, 0.6) is 0 Å². The van der Waals surface area contributed by atoms with Crippen molar-refractivity contribution in [3.63, 3.8) is 0 Å². The predicted octanol–water partition coefficient (Wildman–Crippen LogP) is 3.68. The van der Waals surface area contributed by atoms with Crippen LogP contribution >= 0.6 is 11.8 Å². The molecule has 0 bridgehead atoms. The number of hydrogen-bond donors (Lipinski definition) is 1. The molecular weight excluding hydrogens is 320 g/mol. The van der Waals surface area contributed by atoms with Gasteiger partial charge >= 0.3 is 0 Å². The van der Waals surface area contributed by atoms with Crippen LogP contribution in [0.3, 0.4) is 0 Å². The summed E-state index contributed by atoms with van der Waals surface area (Å²) >= 11 is 1.78. The molecule has 1 aliphatic heterocycles. The summed E-state index contributed by atoms with van der Waals surface area (Å²) in [7, 11) is 0. The first-order chi connectivity index (χ1) is 11.7. The Morgan fingerprint density at radius 3 is 2.58 bits per heavy atom. The Bertz CT molecular complexity index is 887. The third kappa shape index (κ3) is 2.69. The predicted molar refractivity (Wildman–Crippen MR) is 95.9 cm³/mol. The van der Waals surface area contributed by atoms with Crippen molar-refractivity contribution in [2.45, 2.75) is 18.6 Å². The molecule has 1 aromatic carbocycles. The SMILES string of the molecule is CC(=O)Nc1ccc(-c2nc3n(c2-c2ccncc2)CCS3)cc1. The van der Waals surface area contributed by atoms with E-state index >= 15 is 0 Å². The van der Waals surface area contributed by atoms with E-state index in [4.69, 9.17) is 4.98 Å². The minimum atomic E-state index is -0.0717. The lowest BCUT2D eigenvalue weighted by molar-refractivity contribution is -0.114.